The van der Waals surface area contributed by atoms with E-state index in [9.17, 15) is 4.79 Å². The van der Waals surface area contributed by atoms with Gasteiger partial charge >= 0.3 is 0 Å². The normalized spacial score (nSPS) is 19.2. The predicted octanol–water partition coefficient (Wildman–Crippen LogP) is 4.36. The van der Waals surface area contributed by atoms with Gasteiger partial charge in [-0.05, 0) is 64.7 Å². The first-order chi connectivity index (χ1) is 19.4. The molecule has 2 aliphatic rings. The van der Waals surface area contributed by atoms with Gasteiger partial charge in [0, 0.05) is 46.3 Å². The third-order valence-electron chi connectivity index (χ3n) is 7.99. The number of nitrogens with zero attached hydrogens (tertiary/aromatic N) is 8. The zero-order valence-electron chi connectivity index (χ0n) is 21.0. The maximum Gasteiger partial charge on any atom is 0.252 e. The van der Waals surface area contributed by atoms with Gasteiger partial charge < -0.3 is 15.3 Å². The summed E-state index contributed by atoms with van der Waals surface area (Å²) in [7, 11) is 1.85. The summed E-state index contributed by atoms with van der Waals surface area (Å²) in [5.74, 6) is 1.66. The number of nitrogens with two attached hydrogens (primary N) is 1. The van der Waals surface area contributed by atoms with Crippen LogP contribution in [-0.4, -0.2) is 44.5 Å². The molecular formula is C27H20Cl2N10O. The van der Waals surface area contributed by atoms with Crippen LogP contribution in [0.4, 0.5) is 5.82 Å². The van der Waals surface area contributed by atoms with Crippen LogP contribution in [0.15, 0.2) is 59.7 Å². The van der Waals surface area contributed by atoms with Crippen molar-refractivity contribution in [3.8, 4) is 28.1 Å². The number of pyridine rings is 1. The van der Waals surface area contributed by atoms with Crippen LogP contribution in [0, 0.1) is 5.92 Å². The molecule has 1 aliphatic heterocycles. The lowest BCUT2D eigenvalue weighted by molar-refractivity contribution is 0.515. The molecule has 0 saturated heterocycles. The van der Waals surface area contributed by atoms with Gasteiger partial charge in [-0.15, -0.1) is 5.10 Å². The largest absolute Gasteiger partial charge is 0.382 e. The van der Waals surface area contributed by atoms with Gasteiger partial charge in [0.25, 0.3) is 5.56 Å². The predicted molar refractivity (Wildman–Crippen MR) is 151 cm³/mol. The average Bonchev–Trinajstić information content (AvgIpc) is 3.26. The molecule has 40 heavy (non-hydrogen) atoms. The molecule has 3 atom stereocenters. The average molecular weight is 571 g/mol. The monoisotopic (exact) mass is 570 g/mol. The van der Waals surface area contributed by atoms with Gasteiger partial charge in [-0.25, -0.2) is 4.98 Å². The van der Waals surface area contributed by atoms with Crippen LogP contribution in [0.1, 0.15) is 29.9 Å². The molecule has 13 heteroatoms. The lowest BCUT2D eigenvalue weighted by Crippen LogP contribution is -2.26. The number of aromatic nitrogens is 9. The van der Waals surface area contributed by atoms with Crippen molar-refractivity contribution in [2.75, 3.05) is 5.73 Å². The van der Waals surface area contributed by atoms with Crippen molar-refractivity contribution >= 4 is 39.9 Å². The summed E-state index contributed by atoms with van der Waals surface area (Å²) in [5, 5.41) is 17.6. The lowest BCUT2D eigenvalue weighted by atomic mass is 10.0. The maximum absolute atomic E-state index is 13.7. The maximum atomic E-state index is 13.7. The molecule has 5 heterocycles. The Bertz CT molecular complexity index is 2040. The summed E-state index contributed by atoms with van der Waals surface area (Å²) in [5.41, 5.74) is 11.6. The van der Waals surface area contributed by atoms with E-state index in [1.807, 2.05) is 41.9 Å². The van der Waals surface area contributed by atoms with Crippen molar-refractivity contribution < 1.29 is 0 Å². The smallest absolute Gasteiger partial charge is 0.252 e. The van der Waals surface area contributed by atoms with E-state index in [4.69, 9.17) is 33.9 Å². The number of rotatable bonds is 4. The fraction of sp³-hybridized carbons (Fsp3) is 0.185. The number of fused-ring (bicyclic) bond motifs is 4. The van der Waals surface area contributed by atoms with Crippen molar-refractivity contribution in [3.63, 3.8) is 0 Å². The number of H-pyrrole nitrogens is 1. The zero-order valence-corrected chi connectivity index (χ0v) is 22.5. The Morgan fingerprint density at radius 1 is 1.07 bits per heavy atom. The second kappa shape index (κ2) is 8.26. The molecule has 3 N–H and O–H groups in total. The van der Waals surface area contributed by atoms with Crippen LogP contribution in [0.25, 0.3) is 39.0 Å². The van der Waals surface area contributed by atoms with Crippen LogP contribution in [0.3, 0.4) is 0 Å². The van der Waals surface area contributed by atoms with Gasteiger partial charge in [0.05, 0.1) is 22.9 Å². The summed E-state index contributed by atoms with van der Waals surface area (Å²) >= 11 is 13.0. The van der Waals surface area contributed by atoms with E-state index in [1.165, 1.54) is 6.33 Å². The van der Waals surface area contributed by atoms with E-state index in [0.717, 1.165) is 45.4 Å². The highest BCUT2D eigenvalue weighted by Crippen LogP contribution is 2.60. The van der Waals surface area contributed by atoms with E-state index < -0.39 is 0 Å². The first kappa shape index (κ1) is 23.4. The van der Waals surface area contributed by atoms with Gasteiger partial charge in [0.2, 0.25) is 0 Å². The first-order valence-corrected chi connectivity index (χ1v) is 13.4. The van der Waals surface area contributed by atoms with Gasteiger partial charge in [0.15, 0.2) is 11.0 Å². The molecule has 0 spiro atoms. The van der Waals surface area contributed by atoms with Crippen molar-refractivity contribution in [2.45, 2.75) is 18.4 Å². The summed E-state index contributed by atoms with van der Waals surface area (Å²) in [6.45, 7) is 0. The number of aryl methyl sites for hydroxylation is 1. The molecule has 0 radical (unpaired) electrons. The molecule has 6 aromatic rings. The molecule has 198 valence electrons. The van der Waals surface area contributed by atoms with Crippen LogP contribution >= 0.6 is 23.2 Å². The quantitative estimate of drug-likeness (QED) is 0.321. The minimum absolute atomic E-state index is 0.117. The Labute approximate surface area is 236 Å². The van der Waals surface area contributed by atoms with Crippen LogP contribution in [-0.2, 0) is 7.05 Å². The number of tetrazole rings is 1. The van der Waals surface area contributed by atoms with Crippen molar-refractivity contribution in [1.29, 1.82) is 0 Å². The Hall–Kier alpha value is -4.48. The summed E-state index contributed by atoms with van der Waals surface area (Å²) in [6, 6.07) is 14.8. The number of halogens is 2. The second-order valence-corrected chi connectivity index (χ2v) is 11.1. The van der Waals surface area contributed by atoms with Gasteiger partial charge in [-0.1, -0.05) is 29.3 Å². The van der Waals surface area contributed by atoms with E-state index in [-0.39, 0.29) is 23.4 Å². The summed E-state index contributed by atoms with van der Waals surface area (Å²) < 4.78 is 5.14. The fourth-order valence-corrected chi connectivity index (χ4v) is 6.53. The number of nitrogens with one attached hydrogen (secondary N) is 1. The molecule has 11 nitrogen and oxygen atoms in total. The third-order valence-corrected chi connectivity index (χ3v) is 8.50. The standard InChI is InChI=1S/C27H20Cl2N10O/c1-37-20-6-12(2-4-15(20)26(30)34-37)23-25(29)33-27(32-23)24-18-10-17(18)21-7-13(8-22(40)39(21)24)16-9-14(28)3-5-19(16)38-11-31-35-36-38/h2-9,11,17-18,24H,10H2,1H3,(H2,30,34)(H,32,33). The molecule has 0 amide bonds. The van der Waals surface area contributed by atoms with E-state index >= 15 is 0 Å². The zero-order chi connectivity index (χ0) is 27.3. The Morgan fingerprint density at radius 2 is 1.95 bits per heavy atom. The molecule has 1 fully saturated rings. The van der Waals surface area contributed by atoms with E-state index in [1.54, 1.807) is 21.5 Å². The number of aromatic amines is 1. The molecular weight excluding hydrogens is 551 g/mol. The molecule has 4 aromatic heterocycles. The van der Waals surface area contributed by atoms with Crippen LogP contribution in [0.5, 0.6) is 0 Å². The minimum Gasteiger partial charge on any atom is -0.382 e. The molecule has 1 aliphatic carbocycles. The van der Waals surface area contributed by atoms with E-state index in [0.29, 0.717) is 27.5 Å². The number of imidazole rings is 1. The van der Waals surface area contributed by atoms with Crippen molar-refractivity contribution in [3.05, 3.63) is 86.9 Å². The molecule has 1 saturated carbocycles. The first-order valence-electron chi connectivity index (χ1n) is 12.6. The van der Waals surface area contributed by atoms with E-state index in [2.05, 4.69) is 31.7 Å². The number of benzene rings is 2. The number of hydrogen-bond donors (Lipinski definition) is 2. The van der Waals surface area contributed by atoms with Crippen LogP contribution < -0.4 is 11.3 Å². The van der Waals surface area contributed by atoms with Crippen molar-refractivity contribution in [1.82, 2.24) is 44.5 Å². The molecule has 8 rings (SSSR count). The second-order valence-electron chi connectivity index (χ2n) is 10.3. The fourth-order valence-electron chi connectivity index (χ4n) is 6.11. The summed E-state index contributed by atoms with van der Waals surface area (Å²) in [6.07, 6.45) is 2.48. The SMILES string of the molecule is Cn1nc(N)c2ccc(-c3[nH]c(C4C5CC5c5cc(-c6cc(Cl)ccc6-n6cnnn6)cc(=O)n54)nc3Cl)cc21. The molecule has 3 unspecified atom stereocenters. The van der Waals surface area contributed by atoms with Crippen molar-refractivity contribution in [2.24, 2.45) is 13.0 Å². The van der Waals surface area contributed by atoms with Gasteiger partial charge in [-0.2, -0.15) is 9.78 Å². The Morgan fingerprint density at radius 3 is 2.77 bits per heavy atom. The highest BCUT2D eigenvalue weighted by molar-refractivity contribution is 6.32. The van der Waals surface area contributed by atoms with Gasteiger partial charge in [0.1, 0.15) is 12.2 Å². The molecule has 0 bridgehead atoms. The lowest BCUT2D eigenvalue weighted by Gasteiger charge is -2.17. The third kappa shape index (κ3) is 3.37. The Kier molecular flexibility index (Phi) is 4.84. The summed E-state index contributed by atoms with van der Waals surface area (Å²) in [4.78, 5) is 21.8. The minimum atomic E-state index is -0.234. The van der Waals surface area contributed by atoms with Gasteiger partial charge in [-0.3, -0.25) is 9.48 Å². The highest BCUT2D eigenvalue weighted by Gasteiger charge is 2.54. The molecule has 2 aromatic carbocycles. The number of nitrogen functional groups attached to an aromatic ring is 1. The highest BCUT2D eigenvalue weighted by atomic mass is 35.5. The Balaban J connectivity index is 1.21. The number of hydrogen-bond acceptors (Lipinski definition) is 7. The van der Waals surface area contributed by atoms with Crippen LogP contribution in [0.2, 0.25) is 10.2 Å². The number of anilines is 1. The topological polar surface area (TPSA) is 138 Å².